The zero-order chi connectivity index (χ0) is 18.4. The number of hydrogen-bond acceptors (Lipinski definition) is 3. The highest BCUT2D eigenvalue weighted by Crippen LogP contribution is 2.19. The van der Waals surface area contributed by atoms with Crippen molar-refractivity contribution in [3.05, 3.63) is 59.6 Å². The number of carbonyl (C=O) groups is 2. The van der Waals surface area contributed by atoms with Crippen molar-refractivity contribution in [3.63, 3.8) is 0 Å². The molecule has 1 aliphatic heterocycles. The van der Waals surface area contributed by atoms with Crippen molar-refractivity contribution in [1.29, 1.82) is 0 Å². The Bertz CT molecular complexity index is 749. The summed E-state index contributed by atoms with van der Waals surface area (Å²) < 4.78 is 0. The lowest BCUT2D eigenvalue weighted by molar-refractivity contribution is -0.123. The van der Waals surface area contributed by atoms with Gasteiger partial charge in [0.05, 0.1) is 12.5 Å². The van der Waals surface area contributed by atoms with Gasteiger partial charge in [-0.05, 0) is 55.8 Å². The number of benzene rings is 2. The monoisotopic (exact) mass is 371 g/mol. The molecule has 2 aromatic rings. The summed E-state index contributed by atoms with van der Waals surface area (Å²) in [6, 6.07) is 16.5. The molecule has 2 aromatic carbocycles. The summed E-state index contributed by atoms with van der Waals surface area (Å²) in [4.78, 5) is 26.7. The first-order chi connectivity index (χ1) is 12.6. The molecule has 1 fully saturated rings. The number of carbonyl (C=O) groups excluding carboxylic acids is 2. The van der Waals surface area contributed by atoms with Crippen molar-refractivity contribution in [2.75, 3.05) is 30.3 Å². The van der Waals surface area contributed by atoms with Gasteiger partial charge in [-0.15, -0.1) is 0 Å². The molecule has 2 N–H and O–H groups in total. The van der Waals surface area contributed by atoms with E-state index in [-0.39, 0.29) is 24.3 Å². The lowest BCUT2D eigenvalue weighted by Gasteiger charge is -2.31. The Balaban J connectivity index is 1.50. The Labute approximate surface area is 158 Å². The summed E-state index contributed by atoms with van der Waals surface area (Å²) in [7, 11) is 0. The number of halogens is 1. The van der Waals surface area contributed by atoms with Gasteiger partial charge >= 0.3 is 0 Å². The van der Waals surface area contributed by atoms with Crippen molar-refractivity contribution in [2.24, 2.45) is 5.92 Å². The maximum atomic E-state index is 12.5. The molecule has 1 saturated heterocycles. The molecular weight excluding hydrogens is 350 g/mol. The maximum absolute atomic E-state index is 12.5. The van der Waals surface area contributed by atoms with E-state index in [2.05, 4.69) is 10.6 Å². The molecule has 0 bridgehead atoms. The number of nitrogens with zero attached hydrogens (tertiary/aromatic N) is 1. The third kappa shape index (κ3) is 5.31. The molecule has 0 aliphatic carbocycles. The van der Waals surface area contributed by atoms with Crippen molar-refractivity contribution in [3.8, 4) is 0 Å². The quantitative estimate of drug-likeness (QED) is 0.843. The SMILES string of the molecule is O=C(CN1CCC[C@H](C(=O)Nc2ccccc2)C1)Nc1ccc(Cl)cc1. The van der Waals surface area contributed by atoms with E-state index < -0.39 is 0 Å². The van der Waals surface area contributed by atoms with Crippen LogP contribution in [0.25, 0.3) is 0 Å². The van der Waals surface area contributed by atoms with Crippen LogP contribution >= 0.6 is 11.6 Å². The molecule has 2 amide bonds. The lowest BCUT2D eigenvalue weighted by atomic mass is 9.97. The van der Waals surface area contributed by atoms with Crippen LogP contribution < -0.4 is 10.6 Å². The zero-order valence-corrected chi connectivity index (χ0v) is 15.2. The second-order valence-electron chi connectivity index (χ2n) is 6.48. The summed E-state index contributed by atoms with van der Waals surface area (Å²) in [6.07, 6.45) is 1.75. The third-order valence-electron chi connectivity index (χ3n) is 4.41. The van der Waals surface area contributed by atoms with Gasteiger partial charge in [0.25, 0.3) is 0 Å². The maximum Gasteiger partial charge on any atom is 0.238 e. The predicted octanol–water partition coefficient (Wildman–Crippen LogP) is 3.63. The molecule has 0 radical (unpaired) electrons. The molecule has 1 atom stereocenters. The van der Waals surface area contributed by atoms with Gasteiger partial charge in [0.2, 0.25) is 11.8 Å². The summed E-state index contributed by atoms with van der Waals surface area (Å²) in [5, 5.41) is 6.44. The van der Waals surface area contributed by atoms with Crippen LogP contribution in [0, 0.1) is 5.92 Å². The minimum absolute atomic E-state index is 0.0130. The van der Waals surface area contributed by atoms with Crippen LogP contribution in [-0.2, 0) is 9.59 Å². The van der Waals surface area contributed by atoms with Gasteiger partial charge in [0, 0.05) is 22.9 Å². The average Bonchev–Trinajstić information content (AvgIpc) is 2.64. The van der Waals surface area contributed by atoms with E-state index in [4.69, 9.17) is 11.6 Å². The van der Waals surface area contributed by atoms with Crippen LogP contribution in [0.1, 0.15) is 12.8 Å². The van der Waals surface area contributed by atoms with E-state index in [0.29, 0.717) is 11.6 Å². The van der Waals surface area contributed by atoms with Crippen molar-refractivity contribution in [2.45, 2.75) is 12.8 Å². The lowest BCUT2D eigenvalue weighted by Crippen LogP contribution is -2.43. The number of para-hydroxylation sites is 1. The largest absolute Gasteiger partial charge is 0.326 e. The smallest absolute Gasteiger partial charge is 0.238 e. The summed E-state index contributed by atoms with van der Waals surface area (Å²) in [5.41, 5.74) is 1.52. The minimum Gasteiger partial charge on any atom is -0.326 e. The first-order valence-corrected chi connectivity index (χ1v) is 9.11. The number of likely N-dealkylation sites (tertiary alicyclic amines) is 1. The molecule has 5 nitrogen and oxygen atoms in total. The number of amides is 2. The van der Waals surface area contributed by atoms with E-state index in [1.165, 1.54) is 0 Å². The molecule has 0 unspecified atom stereocenters. The normalized spacial score (nSPS) is 17.5. The molecule has 1 heterocycles. The third-order valence-corrected chi connectivity index (χ3v) is 4.66. The Morgan fingerprint density at radius 1 is 1.00 bits per heavy atom. The molecule has 0 spiro atoms. The van der Waals surface area contributed by atoms with E-state index in [9.17, 15) is 9.59 Å². The Hall–Kier alpha value is -2.37. The fourth-order valence-corrected chi connectivity index (χ4v) is 3.24. The molecule has 3 rings (SSSR count). The summed E-state index contributed by atoms with van der Waals surface area (Å²) in [6.45, 7) is 1.69. The van der Waals surface area contributed by atoms with Gasteiger partial charge in [0.15, 0.2) is 0 Å². The first-order valence-electron chi connectivity index (χ1n) is 8.74. The van der Waals surface area contributed by atoms with Crippen LogP contribution in [0.15, 0.2) is 54.6 Å². The predicted molar refractivity (Wildman–Crippen MR) is 104 cm³/mol. The molecular formula is C20H22ClN3O2. The number of nitrogens with one attached hydrogen (secondary N) is 2. The molecule has 6 heteroatoms. The fraction of sp³-hybridized carbons (Fsp3) is 0.300. The Kier molecular flexibility index (Phi) is 6.26. The molecule has 0 saturated carbocycles. The highest BCUT2D eigenvalue weighted by atomic mass is 35.5. The van der Waals surface area contributed by atoms with Crippen LogP contribution in [0.4, 0.5) is 11.4 Å². The first kappa shape index (κ1) is 18.4. The number of anilines is 2. The standard InChI is InChI=1S/C20H22ClN3O2/c21-16-8-10-18(11-9-16)22-19(25)14-24-12-4-5-15(13-24)20(26)23-17-6-2-1-3-7-17/h1-3,6-11,15H,4-5,12-14H2,(H,22,25)(H,23,26)/t15-/m0/s1. The van der Waals surface area contributed by atoms with E-state index >= 15 is 0 Å². The Morgan fingerprint density at radius 3 is 2.42 bits per heavy atom. The highest BCUT2D eigenvalue weighted by Gasteiger charge is 2.26. The summed E-state index contributed by atoms with van der Waals surface area (Å²) >= 11 is 5.85. The van der Waals surface area contributed by atoms with Crippen LogP contribution in [-0.4, -0.2) is 36.3 Å². The van der Waals surface area contributed by atoms with E-state index in [1.54, 1.807) is 24.3 Å². The minimum atomic E-state index is -0.104. The topological polar surface area (TPSA) is 61.4 Å². The number of piperidine rings is 1. The van der Waals surface area contributed by atoms with Crippen molar-refractivity contribution in [1.82, 2.24) is 4.90 Å². The summed E-state index contributed by atoms with van der Waals surface area (Å²) in [5.74, 6) is -0.178. The number of rotatable bonds is 5. The van der Waals surface area contributed by atoms with Crippen molar-refractivity contribution < 1.29 is 9.59 Å². The number of hydrogen-bond donors (Lipinski definition) is 2. The second-order valence-corrected chi connectivity index (χ2v) is 6.92. The fourth-order valence-electron chi connectivity index (χ4n) is 3.12. The molecule has 1 aliphatic rings. The van der Waals surface area contributed by atoms with Crippen LogP contribution in [0.3, 0.4) is 0 Å². The Morgan fingerprint density at radius 2 is 1.69 bits per heavy atom. The zero-order valence-electron chi connectivity index (χ0n) is 14.5. The van der Waals surface area contributed by atoms with Gasteiger partial charge in [-0.1, -0.05) is 29.8 Å². The van der Waals surface area contributed by atoms with Crippen LogP contribution in [0.5, 0.6) is 0 Å². The van der Waals surface area contributed by atoms with Gasteiger partial charge in [-0.25, -0.2) is 0 Å². The van der Waals surface area contributed by atoms with Crippen molar-refractivity contribution >= 4 is 34.8 Å². The van der Waals surface area contributed by atoms with E-state index in [0.717, 1.165) is 30.8 Å². The van der Waals surface area contributed by atoms with Gasteiger partial charge in [0.1, 0.15) is 0 Å². The van der Waals surface area contributed by atoms with Gasteiger partial charge in [-0.2, -0.15) is 0 Å². The van der Waals surface area contributed by atoms with Gasteiger partial charge < -0.3 is 10.6 Å². The molecule has 0 aromatic heterocycles. The second kappa shape index (κ2) is 8.83. The van der Waals surface area contributed by atoms with Gasteiger partial charge in [-0.3, -0.25) is 14.5 Å². The molecule has 26 heavy (non-hydrogen) atoms. The average molecular weight is 372 g/mol. The highest BCUT2D eigenvalue weighted by molar-refractivity contribution is 6.30. The van der Waals surface area contributed by atoms with Crippen LogP contribution in [0.2, 0.25) is 5.02 Å². The van der Waals surface area contributed by atoms with E-state index in [1.807, 2.05) is 35.2 Å². The molecule has 136 valence electrons.